The molecule has 0 aliphatic carbocycles. The number of aromatic carboxylic acids is 1. The van der Waals surface area contributed by atoms with Crippen LogP contribution in [-0.2, 0) is 0 Å². The van der Waals surface area contributed by atoms with Crippen LogP contribution in [0.25, 0.3) is 6.08 Å². The van der Waals surface area contributed by atoms with E-state index in [2.05, 4.69) is 15.9 Å². The van der Waals surface area contributed by atoms with Gasteiger partial charge in [-0.25, -0.2) is 4.79 Å². The zero-order valence-electron chi connectivity index (χ0n) is 8.35. The van der Waals surface area contributed by atoms with E-state index in [1.807, 2.05) is 0 Å². The summed E-state index contributed by atoms with van der Waals surface area (Å²) >= 11 is 3.24. The molecule has 0 atom stereocenters. The van der Waals surface area contributed by atoms with Crippen molar-refractivity contribution in [3.8, 4) is 11.5 Å². The smallest absolute Gasteiger partial charge is 0.335 e. The number of halogens is 1. The lowest BCUT2D eigenvalue weighted by molar-refractivity contribution is 0.0696. The summed E-state index contributed by atoms with van der Waals surface area (Å²) in [4.78, 5) is 10.6. The van der Waals surface area contributed by atoms with Gasteiger partial charge in [0.1, 0.15) is 11.5 Å². The Labute approximate surface area is 101 Å². The molecule has 1 rings (SSSR count). The van der Waals surface area contributed by atoms with Crippen LogP contribution in [0.5, 0.6) is 11.5 Å². The molecular weight excluding hydrogens is 276 g/mol. The fourth-order valence-corrected chi connectivity index (χ4v) is 1.45. The minimum absolute atomic E-state index is 0.146. The van der Waals surface area contributed by atoms with E-state index in [1.165, 1.54) is 0 Å². The molecule has 1 aromatic rings. The molecule has 0 bridgehead atoms. The molecule has 0 fully saturated rings. The number of carboxylic acids is 1. The van der Waals surface area contributed by atoms with Gasteiger partial charge in [-0.2, -0.15) is 0 Å². The molecule has 0 saturated heterocycles. The van der Waals surface area contributed by atoms with Crippen molar-refractivity contribution in [2.45, 2.75) is 6.42 Å². The second kappa shape index (κ2) is 5.55. The van der Waals surface area contributed by atoms with Crippen molar-refractivity contribution in [3.63, 3.8) is 0 Å². The molecule has 0 saturated carbocycles. The van der Waals surface area contributed by atoms with E-state index in [4.69, 9.17) is 5.11 Å². The van der Waals surface area contributed by atoms with E-state index >= 15 is 0 Å². The summed E-state index contributed by atoms with van der Waals surface area (Å²) in [6.45, 7) is 0. The molecule has 0 spiro atoms. The largest absolute Gasteiger partial charge is 0.507 e. The van der Waals surface area contributed by atoms with Crippen LogP contribution >= 0.6 is 15.9 Å². The van der Waals surface area contributed by atoms with Crippen molar-refractivity contribution in [3.05, 3.63) is 29.3 Å². The second-order valence-corrected chi connectivity index (χ2v) is 3.91. The fourth-order valence-electron chi connectivity index (χ4n) is 1.18. The first-order valence-electron chi connectivity index (χ1n) is 4.58. The summed E-state index contributed by atoms with van der Waals surface area (Å²) in [5.74, 6) is -1.69. The van der Waals surface area contributed by atoms with Crippen molar-refractivity contribution in [1.82, 2.24) is 0 Å². The summed E-state index contributed by atoms with van der Waals surface area (Å²) in [7, 11) is 0. The Morgan fingerprint density at radius 2 is 1.88 bits per heavy atom. The van der Waals surface area contributed by atoms with E-state index in [0.717, 1.165) is 23.9 Å². The Morgan fingerprint density at radius 1 is 1.31 bits per heavy atom. The number of benzene rings is 1. The first kappa shape index (κ1) is 12.6. The van der Waals surface area contributed by atoms with Gasteiger partial charge in [-0.15, -0.1) is 0 Å². The van der Waals surface area contributed by atoms with Gasteiger partial charge in [0.25, 0.3) is 0 Å². The minimum atomic E-state index is -1.19. The van der Waals surface area contributed by atoms with Crippen LogP contribution in [0.2, 0.25) is 0 Å². The number of phenols is 2. The lowest BCUT2D eigenvalue weighted by Gasteiger charge is -2.04. The van der Waals surface area contributed by atoms with Crippen LogP contribution in [0, 0.1) is 0 Å². The van der Waals surface area contributed by atoms with E-state index in [0.29, 0.717) is 0 Å². The number of rotatable bonds is 4. The highest BCUT2D eigenvalue weighted by atomic mass is 79.9. The summed E-state index contributed by atoms with van der Waals surface area (Å²) in [5.41, 5.74) is 0.0820. The Balaban J connectivity index is 3.07. The topological polar surface area (TPSA) is 77.8 Å². The van der Waals surface area contributed by atoms with Crippen LogP contribution in [0.4, 0.5) is 0 Å². The van der Waals surface area contributed by atoms with Gasteiger partial charge < -0.3 is 15.3 Å². The van der Waals surface area contributed by atoms with Crippen LogP contribution in [0.3, 0.4) is 0 Å². The maximum atomic E-state index is 10.6. The van der Waals surface area contributed by atoms with Gasteiger partial charge >= 0.3 is 5.97 Å². The van der Waals surface area contributed by atoms with Crippen molar-refractivity contribution in [2.24, 2.45) is 0 Å². The number of hydrogen-bond donors (Lipinski definition) is 3. The minimum Gasteiger partial charge on any atom is -0.507 e. The maximum absolute atomic E-state index is 10.6. The van der Waals surface area contributed by atoms with Crippen LogP contribution in [0.1, 0.15) is 22.3 Å². The number of allylic oxidation sites excluding steroid dienone is 1. The number of alkyl halides is 1. The summed E-state index contributed by atoms with van der Waals surface area (Å²) < 4.78 is 0. The van der Waals surface area contributed by atoms with Crippen molar-refractivity contribution < 1.29 is 20.1 Å². The monoisotopic (exact) mass is 286 g/mol. The Kier molecular flexibility index (Phi) is 4.37. The Bertz CT molecular complexity index is 403. The number of carboxylic acid groups (broad SMARTS) is 1. The van der Waals surface area contributed by atoms with Gasteiger partial charge in [0.2, 0.25) is 0 Å². The number of hydrogen-bond acceptors (Lipinski definition) is 3. The molecule has 16 heavy (non-hydrogen) atoms. The molecule has 0 aliphatic rings. The highest BCUT2D eigenvalue weighted by Crippen LogP contribution is 2.30. The van der Waals surface area contributed by atoms with Gasteiger partial charge in [-0.05, 0) is 18.6 Å². The number of phenolic OH excluding ortho intramolecular Hbond substituents is 2. The summed E-state index contributed by atoms with van der Waals surface area (Å²) in [5, 5.41) is 28.5. The lowest BCUT2D eigenvalue weighted by atomic mass is 10.1. The average Bonchev–Trinajstić information content (AvgIpc) is 2.21. The third-order valence-electron chi connectivity index (χ3n) is 1.94. The number of carbonyl (C=O) groups is 1. The zero-order valence-corrected chi connectivity index (χ0v) is 9.94. The molecule has 0 amide bonds. The predicted molar refractivity (Wildman–Crippen MR) is 64.2 cm³/mol. The van der Waals surface area contributed by atoms with Crippen molar-refractivity contribution >= 4 is 28.0 Å². The Hall–Kier alpha value is -1.49. The highest BCUT2D eigenvalue weighted by molar-refractivity contribution is 9.09. The molecule has 86 valence electrons. The van der Waals surface area contributed by atoms with E-state index in [9.17, 15) is 15.0 Å². The van der Waals surface area contributed by atoms with E-state index in [-0.39, 0.29) is 22.6 Å². The third-order valence-corrected chi connectivity index (χ3v) is 2.40. The maximum Gasteiger partial charge on any atom is 0.335 e. The third kappa shape index (κ3) is 3.00. The lowest BCUT2D eigenvalue weighted by Crippen LogP contribution is -1.96. The first-order valence-corrected chi connectivity index (χ1v) is 5.70. The molecular formula is C11H11BrO4. The molecule has 0 heterocycles. The molecule has 0 radical (unpaired) electrons. The van der Waals surface area contributed by atoms with E-state index in [1.54, 1.807) is 12.2 Å². The van der Waals surface area contributed by atoms with E-state index < -0.39 is 5.97 Å². The molecule has 0 aromatic heterocycles. The summed E-state index contributed by atoms with van der Waals surface area (Å²) in [6, 6.07) is 2.21. The van der Waals surface area contributed by atoms with Gasteiger partial charge in [0, 0.05) is 5.33 Å². The number of aromatic hydroxyl groups is 2. The molecule has 5 heteroatoms. The second-order valence-electron chi connectivity index (χ2n) is 3.11. The first-order chi connectivity index (χ1) is 7.56. The summed E-state index contributed by atoms with van der Waals surface area (Å²) in [6.07, 6.45) is 4.07. The van der Waals surface area contributed by atoms with Gasteiger partial charge in [0.15, 0.2) is 0 Å². The van der Waals surface area contributed by atoms with Crippen molar-refractivity contribution in [2.75, 3.05) is 5.33 Å². The molecule has 0 unspecified atom stereocenters. The quantitative estimate of drug-likeness (QED) is 0.744. The molecule has 3 N–H and O–H groups in total. The molecule has 4 nitrogen and oxygen atoms in total. The van der Waals surface area contributed by atoms with Gasteiger partial charge in [-0.1, -0.05) is 28.1 Å². The standard InChI is InChI=1S/C11H11BrO4/c12-4-2-1-3-8-9(13)5-7(11(15)16)6-10(8)14/h1,3,5-6,13-14H,2,4H2,(H,15,16). The van der Waals surface area contributed by atoms with Crippen LogP contribution in [0.15, 0.2) is 18.2 Å². The zero-order chi connectivity index (χ0) is 12.1. The van der Waals surface area contributed by atoms with Crippen molar-refractivity contribution in [1.29, 1.82) is 0 Å². The SMILES string of the molecule is O=C(O)c1cc(O)c(C=CCCBr)c(O)c1. The average molecular weight is 287 g/mol. The van der Waals surface area contributed by atoms with Gasteiger partial charge in [0.05, 0.1) is 11.1 Å². The molecule has 1 aromatic carbocycles. The Morgan fingerprint density at radius 3 is 2.31 bits per heavy atom. The van der Waals surface area contributed by atoms with Crippen LogP contribution < -0.4 is 0 Å². The predicted octanol–water partition coefficient (Wildman–Crippen LogP) is 2.59. The molecule has 0 aliphatic heterocycles. The van der Waals surface area contributed by atoms with Crippen LogP contribution in [-0.4, -0.2) is 26.6 Å². The highest BCUT2D eigenvalue weighted by Gasteiger charge is 2.11. The van der Waals surface area contributed by atoms with Gasteiger partial charge in [-0.3, -0.25) is 0 Å². The normalized spacial score (nSPS) is 10.8. The fraction of sp³-hybridized carbons (Fsp3) is 0.182.